The summed E-state index contributed by atoms with van der Waals surface area (Å²) in [6, 6.07) is 5.53. The van der Waals surface area contributed by atoms with Crippen molar-refractivity contribution in [2.75, 3.05) is 11.4 Å². The number of nitrogens with two attached hydrogens (primary N) is 3. The average Bonchev–Trinajstić information content (AvgIpc) is 2.80. The van der Waals surface area contributed by atoms with Crippen LogP contribution >= 0.6 is 0 Å². The maximum absolute atomic E-state index is 12.4. The number of carbonyl (C=O) groups excluding carboxylic acids is 1. The third-order valence-electron chi connectivity index (χ3n) is 3.07. The summed E-state index contributed by atoms with van der Waals surface area (Å²) in [7, 11) is 0. The van der Waals surface area contributed by atoms with Crippen molar-refractivity contribution in [2.24, 2.45) is 27.2 Å². The van der Waals surface area contributed by atoms with Gasteiger partial charge in [0.25, 0.3) is 0 Å². The van der Waals surface area contributed by atoms with Gasteiger partial charge in [-0.15, -0.1) is 0 Å². The SMILES string of the molecule is CC(C)(C)OC(=O)N1CCc2cccc(N=C(N)N=C(N)N)c21. The molecule has 8 heteroatoms. The number of anilines is 1. The molecule has 0 saturated carbocycles. The van der Waals surface area contributed by atoms with Gasteiger partial charge in [0.05, 0.1) is 11.4 Å². The van der Waals surface area contributed by atoms with Gasteiger partial charge < -0.3 is 21.9 Å². The van der Waals surface area contributed by atoms with Crippen LogP contribution < -0.4 is 22.1 Å². The fraction of sp³-hybridized carbons (Fsp3) is 0.400. The molecule has 2 rings (SSSR count). The zero-order chi connectivity index (χ0) is 17.2. The Balaban J connectivity index is 2.38. The molecule has 1 amide bonds. The molecule has 124 valence electrons. The minimum Gasteiger partial charge on any atom is -0.443 e. The second kappa shape index (κ2) is 6.15. The van der Waals surface area contributed by atoms with E-state index in [1.54, 1.807) is 11.0 Å². The van der Waals surface area contributed by atoms with E-state index in [1.807, 2.05) is 32.9 Å². The average molecular weight is 318 g/mol. The van der Waals surface area contributed by atoms with E-state index in [-0.39, 0.29) is 11.9 Å². The largest absolute Gasteiger partial charge is 0.443 e. The second-order valence-corrected chi connectivity index (χ2v) is 6.17. The summed E-state index contributed by atoms with van der Waals surface area (Å²) in [6.45, 7) is 5.99. The molecule has 23 heavy (non-hydrogen) atoms. The summed E-state index contributed by atoms with van der Waals surface area (Å²) in [5, 5.41) is 0. The van der Waals surface area contributed by atoms with E-state index in [9.17, 15) is 4.79 Å². The molecule has 0 radical (unpaired) electrons. The highest BCUT2D eigenvalue weighted by molar-refractivity contribution is 5.98. The molecular formula is C15H22N6O2. The molecule has 1 aliphatic rings. The van der Waals surface area contributed by atoms with Crippen LogP contribution in [0.4, 0.5) is 16.2 Å². The van der Waals surface area contributed by atoms with Gasteiger partial charge in [0.15, 0.2) is 5.96 Å². The monoisotopic (exact) mass is 318 g/mol. The Kier molecular flexibility index (Phi) is 4.44. The number of guanidine groups is 2. The number of carbonyl (C=O) groups is 1. The van der Waals surface area contributed by atoms with Gasteiger partial charge in [0, 0.05) is 6.54 Å². The van der Waals surface area contributed by atoms with E-state index in [1.165, 1.54) is 0 Å². The summed E-state index contributed by atoms with van der Waals surface area (Å²) in [5.74, 6) is -0.253. The Morgan fingerprint density at radius 1 is 1.26 bits per heavy atom. The molecule has 0 unspecified atom stereocenters. The number of fused-ring (bicyclic) bond motifs is 1. The first-order chi connectivity index (χ1) is 10.7. The van der Waals surface area contributed by atoms with Crippen LogP contribution in [0.3, 0.4) is 0 Å². The maximum atomic E-state index is 12.4. The van der Waals surface area contributed by atoms with Crippen molar-refractivity contribution in [2.45, 2.75) is 32.8 Å². The standard InChI is InChI=1S/C15H22N6O2/c1-15(2,3)23-14(22)21-8-7-9-5-4-6-10(11(9)21)19-13(18)20-12(16)17/h4-6H,7-8H2,1-3H3,(H6,16,17,18,19,20). The molecule has 0 aromatic heterocycles. The van der Waals surface area contributed by atoms with Gasteiger partial charge in [0.1, 0.15) is 5.60 Å². The molecule has 0 saturated heterocycles. The van der Waals surface area contributed by atoms with E-state index in [0.29, 0.717) is 17.9 Å². The summed E-state index contributed by atoms with van der Waals surface area (Å²) in [5.41, 5.74) is 17.9. The Morgan fingerprint density at radius 2 is 1.96 bits per heavy atom. The van der Waals surface area contributed by atoms with Gasteiger partial charge in [-0.2, -0.15) is 4.99 Å². The van der Waals surface area contributed by atoms with E-state index < -0.39 is 11.7 Å². The molecule has 0 fully saturated rings. The van der Waals surface area contributed by atoms with Crippen LogP contribution in [0.15, 0.2) is 28.2 Å². The highest BCUT2D eigenvalue weighted by Crippen LogP contribution is 2.38. The maximum Gasteiger partial charge on any atom is 0.414 e. The lowest BCUT2D eigenvalue weighted by atomic mass is 10.1. The molecule has 6 N–H and O–H groups in total. The molecule has 1 aromatic carbocycles. The van der Waals surface area contributed by atoms with Crippen LogP contribution in [0.2, 0.25) is 0 Å². The van der Waals surface area contributed by atoms with E-state index in [0.717, 1.165) is 12.0 Å². The highest BCUT2D eigenvalue weighted by atomic mass is 16.6. The van der Waals surface area contributed by atoms with Crippen molar-refractivity contribution in [3.8, 4) is 0 Å². The van der Waals surface area contributed by atoms with Crippen molar-refractivity contribution in [3.63, 3.8) is 0 Å². The first kappa shape index (κ1) is 16.6. The van der Waals surface area contributed by atoms with Crippen LogP contribution in [0, 0.1) is 0 Å². The number of hydrogen-bond donors (Lipinski definition) is 3. The lowest BCUT2D eigenvalue weighted by Gasteiger charge is -2.25. The highest BCUT2D eigenvalue weighted by Gasteiger charge is 2.30. The van der Waals surface area contributed by atoms with E-state index >= 15 is 0 Å². The predicted molar refractivity (Wildman–Crippen MR) is 90.8 cm³/mol. The number of aliphatic imine (C=N–C) groups is 2. The number of ether oxygens (including phenoxy) is 1. The quantitative estimate of drug-likeness (QED) is 0.528. The molecular weight excluding hydrogens is 296 g/mol. The topological polar surface area (TPSA) is 132 Å². The van der Waals surface area contributed by atoms with Crippen LogP contribution in [0.1, 0.15) is 26.3 Å². The van der Waals surface area contributed by atoms with Crippen LogP contribution in [-0.4, -0.2) is 30.2 Å². The molecule has 0 spiro atoms. The van der Waals surface area contributed by atoms with Crippen molar-refractivity contribution < 1.29 is 9.53 Å². The third kappa shape index (κ3) is 4.12. The van der Waals surface area contributed by atoms with Gasteiger partial charge in [-0.1, -0.05) is 12.1 Å². The Bertz CT molecular complexity index is 671. The van der Waals surface area contributed by atoms with E-state index in [2.05, 4.69) is 9.98 Å². The minimum atomic E-state index is -0.574. The smallest absolute Gasteiger partial charge is 0.414 e. The van der Waals surface area contributed by atoms with E-state index in [4.69, 9.17) is 21.9 Å². The van der Waals surface area contributed by atoms with Gasteiger partial charge in [-0.3, -0.25) is 4.90 Å². The number of nitrogens with zero attached hydrogens (tertiary/aromatic N) is 3. The summed E-state index contributed by atoms with van der Waals surface area (Å²) in [6.07, 6.45) is 0.305. The second-order valence-electron chi connectivity index (χ2n) is 6.17. The predicted octanol–water partition coefficient (Wildman–Crippen LogP) is 1.20. The number of rotatable bonds is 1. The minimum absolute atomic E-state index is 0.0746. The summed E-state index contributed by atoms with van der Waals surface area (Å²) >= 11 is 0. The summed E-state index contributed by atoms with van der Waals surface area (Å²) in [4.78, 5) is 21.8. The number of benzene rings is 1. The molecule has 1 heterocycles. The Morgan fingerprint density at radius 3 is 2.57 bits per heavy atom. The summed E-state index contributed by atoms with van der Waals surface area (Å²) < 4.78 is 5.44. The zero-order valence-corrected chi connectivity index (χ0v) is 13.5. The fourth-order valence-electron chi connectivity index (χ4n) is 2.31. The van der Waals surface area contributed by atoms with Crippen LogP contribution in [-0.2, 0) is 11.2 Å². The number of hydrogen-bond acceptors (Lipinski definition) is 3. The zero-order valence-electron chi connectivity index (χ0n) is 13.5. The lowest BCUT2D eigenvalue weighted by molar-refractivity contribution is 0.0584. The fourth-order valence-corrected chi connectivity index (χ4v) is 2.31. The first-order valence-corrected chi connectivity index (χ1v) is 7.23. The van der Waals surface area contributed by atoms with Crippen molar-refractivity contribution in [1.29, 1.82) is 0 Å². The van der Waals surface area contributed by atoms with Crippen LogP contribution in [0.25, 0.3) is 0 Å². The van der Waals surface area contributed by atoms with Gasteiger partial charge in [-0.25, -0.2) is 9.79 Å². The molecule has 8 nitrogen and oxygen atoms in total. The van der Waals surface area contributed by atoms with Gasteiger partial charge in [0.2, 0.25) is 5.96 Å². The van der Waals surface area contributed by atoms with Crippen LogP contribution in [0.5, 0.6) is 0 Å². The Hall–Kier alpha value is -2.77. The lowest BCUT2D eigenvalue weighted by Crippen LogP contribution is -2.35. The normalized spacial score (nSPS) is 14.4. The first-order valence-electron chi connectivity index (χ1n) is 7.23. The van der Waals surface area contributed by atoms with Crippen molar-refractivity contribution >= 4 is 29.4 Å². The van der Waals surface area contributed by atoms with Crippen molar-refractivity contribution in [3.05, 3.63) is 23.8 Å². The van der Waals surface area contributed by atoms with Gasteiger partial charge >= 0.3 is 6.09 Å². The Labute approximate surface area is 135 Å². The number of para-hydroxylation sites is 1. The third-order valence-corrected chi connectivity index (χ3v) is 3.07. The molecule has 1 aromatic rings. The molecule has 1 aliphatic heterocycles. The number of amides is 1. The van der Waals surface area contributed by atoms with Gasteiger partial charge in [-0.05, 0) is 38.8 Å². The molecule has 0 bridgehead atoms. The molecule has 0 atom stereocenters. The molecule has 0 aliphatic carbocycles. The van der Waals surface area contributed by atoms with Crippen molar-refractivity contribution in [1.82, 2.24) is 0 Å².